The minimum Gasteiger partial charge on any atom is -0.399 e. The van der Waals surface area contributed by atoms with Crippen molar-refractivity contribution < 1.29 is 0 Å². The van der Waals surface area contributed by atoms with E-state index in [-0.39, 0.29) is 10.6 Å². The zero-order valence-electron chi connectivity index (χ0n) is 15.9. The van der Waals surface area contributed by atoms with Crippen molar-refractivity contribution in [2.75, 3.05) is 11.5 Å². The lowest BCUT2D eigenvalue weighted by Crippen LogP contribution is -1.85. The number of benzene rings is 2. The van der Waals surface area contributed by atoms with E-state index in [1.165, 1.54) is 18.0 Å². The van der Waals surface area contributed by atoms with Gasteiger partial charge in [-0.3, -0.25) is 0 Å². The van der Waals surface area contributed by atoms with Crippen molar-refractivity contribution in [2.24, 2.45) is 0 Å². The van der Waals surface area contributed by atoms with Crippen LogP contribution in [0, 0.1) is 0 Å². The van der Waals surface area contributed by atoms with Gasteiger partial charge in [-0.1, -0.05) is 23.4 Å². The van der Waals surface area contributed by atoms with Crippen molar-refractivity contribution in [1.82, 2.24) is 19.9 Å². The first kappa shape index (κ1) is 25.0. The largest absolute Gasteiger partial charge is 0.399 e. The lowest BCUT2D eigenvalue weighted by Gasteiger charge is -2.00. The number of nitrogens with zero attached hydrogens (tertiary/aromatic N) is 4. The third-order valence-electron chi connectivity index (χ3n) is 3.19. The summed E-state index contributed by atoms with van der Waals surface area (Å²) in [6.45, 7) is 0. The van der Waals surface area contributed by atoms with Gasteiger partial charge in [-0.05, 0) is 83.9 Å². The molecule has 0 spiro atoms. The summed E-state index contributed by atoms with van der Waals surface area (Å²) in [7, 11) is 0. The van der Waals surface area contributed by atoms with Crippen LogP contribution in [0.4, 0.5) is 11.4 Å². The number of nitrogens with two attached hydrogens (primary N) is 2. The molecular weight excluding hydrogens is 495 g/mol. The lowest BCUT2D eigenvalue weighted by molar-refractivity contribution is 1.05. The third kappa shape index (κ3) is 10.6. The molecule has 4 rings (SSSR count). The van der Waals surface area contributed by atoms with Gasteiger partial charge < -0.3 is 11.5 Å². The number of anilines is 2. The quantitative estimate of drug-likeness (QED) is 0.127. The summed E-state index contributed by atoms with van der Waals surface area (Å²) in [6, 6.07) is 18.3. The molecule has 0 bridgehead atoms. The van der Waals surface area contributed by atoms with E-state index in [4.69, 9.17) is 46.3 Å². The van der Waals surface area contributed by atoms with Crippen LogP contribution in [0.1, 0.15) is 0 Å². The van der Waals surface area contributed by atoms with Crippen molar-refractivity contribution in [1.29, 1.82) is 0 Å². The van der Waals surface area contributed by atoms with Crippen LogP contribution >= 0.6 is 59.2 Å². The summed E-state index contributed by atoms with van der Waals surface area (Å²) < 4.78 is 0. The average molecular weight is 512 g/mol. The van der Waals surface area contributed by atoms with Crippen LogP contribution in [-0.4, -0.2) is 19.9 Å². The summed E-state index contributed by atoms with van der Waals surface area (Å²) in [5, 5.41) is 1.62. The first-order valence-electron chi connectivity index (χ1n) is 8.52. The van der Waals surface area contributed by atoms with Crippen molar-refractivity contribution in [3.05, 3.63) is 88.8 Å². The molecule has 0 aliphatic carbocycles. The molecule has 2 heterocycles. The van der Waals surface area contributed by atoms with Crippen LogP contribution in [0.5, 0.6) is 0 Å². The summed E-state index contributed by atoms with van der Waals surface area (Å²) in [6.07, 6.45) is 3.13. The molecule has 0 atom stereocenters. The summed E-state index contributed by atoms with van der Waals surface area (Å²) >= 11 is 22.0. The van der Waals surface area contributed by atoms with Gasteiger partial charge in [-0.15, -0.1) is 12.6 Å². The number of rotatable bonds is 2. The second-order valence-electron chi connectivity index (χ2n) is 5.57. The molecule has 6 nitrogen and oxygen atoms in total. The smallest absolute Gasteiger partial charge is 0.223 e. The molecule has 0 saturated heterocycles. The summed E-state index contributed by atoms with van der Waals surface area (Å²) in [5.74, 6) is 0. The molecule has 2 aromatic carbocycles. The molecule has 160 valence electrons. The molecule has 0 unspecified atom stereocenters. The SMILES string of the molecule is Clc1ccnc(Cl)n1.Nc1ccc(S)cc1.Nc1ccc(Sc2ccnc(Cl)n2)cc1. The summed E-state index contributed by atoms with van der Waals surface area (Å²) in [5.41, 5.74) is 12.5. The van der Waals surface area contributed by atoms with Gasteiger partial charge in [0, 0.05) is 33.6 Å². The van der Waals surface area contributed by atoms with Gasteiger partial charge in [0.15, 0.2) is 0 Å². The minimum atomic E-state index is 0.178. The topological polar surface area (TPSA) is 104 Å². The van der Waals surface area contributed by atoms with E-state index in [1.54, 1.807) is 12.3 Å². The van der Waals surface area contributed by atoms with Gasteiger partial charge in [0.25, 0.3) is 0 Å². The Balaban J connectivity index is 0.000000181. The van der Waals surface area contributed by atoms with Crippen molar-refractivity contribution in [3.63, 3.8) is 0 Å². The van der Waals surface area contributed by atoms with E-state index in [0.717, 1.165) is 26.2 Å². The summed E-state index contributed by atoms with van der Waals surface area (Å²) in [4.78, 5) is 17.1. The van der Waals surface area contributed by atoms with Gasteiger partial charge in [0.05, 0.1) is 0 Å². The first-order valence-corrected chi connectivity index (χ1v) is 10.9. The van der Waals surface area contributed by atoms with E-state index in [9.17, 15) is 0 Å². The number of hydrogen-bond acceptors (Lipinski definition) is 8. The Morgan fingerprint density at radius 2 is 1.19 bits per heavy atom. The Morgan fingerprint density at radius 1 is 0.677 bits per heavy atom. The highest BCUT2D eigenvalue weighted by atomic mass is 35.5. The molecule has 2 aromatic heterocycles. The molecule has 0 aliphatic rings. The van der Waals surface area contributed by atoms with Gasteiger partial charge in [-0.25, -0.2) is 19.9 Å². The average Bonchev–Trinajstić information content (AvgIpc) is 2.73. The molecule has 0 saturated carbocycles. The predicted molar refractivity (Wildman–Crippen MR) is 132 cm³/mol. The minimum absolute atomic E-state index is 0.178. The number of halogens is 3. The normalized spacial score (nSPS) is 9.68. The van der Waals surface area contributed by atoms with Crippen molar-refractivity contribution in [2.45, 2.75) is 14.8 Å². The van der Waals surface area contributed by atoms with Crippen LogP contribution in [0.15, 0.2) is 87.9 Å². The monoisotopic (exact) mass is 510 g/mol. The van der Waals surface area contributed by atoms with Gasteiger partial charge in [0.2, 0.25) is 10.6 Å². The van der Waals surface area contributed by atoms with E-state index >= 15 is 0 Å². The number of nitrogen functional groups attached to an aromatic ring is 2. The highest BCUT2D eigenvalue weighted by molar-refractivity contribution is 7.99. The Hall–Kier alpha value is -2.23. The molecule has 0 aliphatic heterocycles. The van der Waals surface area contributed by atoms with Crippen LogP contribution < -0.4 is 11.5 Å². The Morgan fingerprint density at radius 3 is 1.65 bits per heavy atom. The maximum absolute atomic E-state index is 5.68. The number of thiol groups is 1. The third-order valence-corrected chi connectivity index (χ3v) is 5.01. The zero-order chi connectivity index (χ0) is 22.6. The van der Waals surface area contributed by atoms with Gasteiger partial charge in [-0.2, -0.15) is 0 Å². The molecule has 0 radical (unpaired) electrons. The second-order valence-corrected chi connectivity index (χ2v) is 8.25. The van der Waals surface area contributed by atoms with Crippen molar-refractivity contribution >= 4 is 70.6 Å². The Labute approximate surface area is 204 Å². The first-order chi connectivity index (χ1) is 14.8. The van der Waals surface area contributed by atoms with Crippen LogP contribution in [0.2, 0.25) is 15.7 Å². The lowest BCUT2D eigenvalue weighted by atomic mass is 10.3. The van der Waals surface area contributed by atoms with E-state index in [2.05, 4.69) is 32.6 Å². The molecular formula is C20H17Cl3N6S2. The second kappa shape index (κ2) is 13.2. The Bertz CT molecular complexity index is 1040. The maximum atomic E-state index is 5.68. The van der Waals surface area contributed by atoms with Crippen LogP contribution in [-0.2, 0) is 0 Å². The van der Waals surface area contributed by atoms with E-state index in [0.29, 0.717) is 5.15 Å². The van der Waals surface area contributed by atoms with Crippen LogP contribution in [0.25, 0.3) is 0 Å². The van der Waals surface area contributed by atoms with Crippen LogP contribution in [0.3, 0.4) is 0 Å². The molecule has 0 fully saturated rings. The van der Waals surface area contributed by atoms with E-state index in [1.807, 2.05) is 54.6 Å². The molecule has 4 N–H and O–H groups in total. The highest BCUT2D eigenvalue weighted by Crippen LogP contribution is 2.26. The molecule has 4 aromatic rings. The standard InChI is InChI=1S/C10H8ClN3S.C6H7NS.C4H2Cl2N2/c11-10-13-6-5-9(14-10)15-8-3-1-7(12)2-4-8;7-5-1-3-6(8)4-2-5;5-3-1-2-7-4(6)8-3/h1-6H,12H2;1-4,8H,7H2;1-2H. The predicted octanol–water partition coefficient (Wildman–Crippen LogP) is 6.20. The number of hydrogen-bond donors (Lipinski definition) is 3. The molecule has 0 amide bonds. The Kier molecular flexibility index (Phi) is 10.7. The van der Waals surface area contributed by atoms with E-state index < -0.39 is 0 Å². The maximum Gasteiger partial charge on any atom is 0.223 e. The molecule has 31 heavy (non-hydrogen) atoms. The van der Waals surface area contributed by atoms with Gasteiger partial charge >= 0.3 is 0 Å². The van der Waals surface area contributed by atoms with Gasteiger partial charge in [0.1, 0.15) is 10.2 Å². The zero-order valence-corrected chi connectivity index (χ0v) is 19.8. The molecule has 11 heteroatoms. The fourth-order valence-corrected chi connectivity index (χ4v) is 3.27. The fourth-order valence-electron chi connectivity index (χ4n) is 1.82. The van der Waals surface area contributed by atoms with Crippen molar-refractivity contribution in [3.8, 4) is 0 Å². The fraction of sp³-hybridized carbons (Fsp3) is 0. The highest BCUT2D eigenvalue weighted by Gasteiger charge is 1.99. The number of aromatic nitrogens is 4.